The van der Waals surface area contributed by atoms with E-state index in [0.29, 0.717) is 0 Å². The molecule has 0 amide bonds. The van der Waals surface area contributed by atoms with Gasteiger partial charge in [0.1, 0.15) is 0 Å². The molecule has 0 aliphatic heterocycles. The Bertz CT molecular complexity index is 51.1. The van der Waals surface area contributed by atoms with E-state index >= 15 is 0 Å². The summed E-state index contributed by atoms with van der Waals surface area (Å²) in [4.78, 5) is 25.1. The van der Waals surface area contributed by atoms with E-state index in [2.05, 4.69) is 0 Å². The van der Waals surface area contributed by atoms with Crippen molar-refractivity contribution >= 4 is 19.4 Å². The molecule has 0 aliphatic rings. The van der Waals surface area contributed by atoms with Crippen molar-refractivity contribution in [3.63, 3.8) is 0 Å². The van der Waals surface area contributed by atoms with Crippen LogP contribution in [0.25, 0.3) is 0 Å². The maximum Gasteiger partial charge on any atom is 0.290 e. The molecule has 84 valence electrons. The number of hydrogen-bond donors (Lipinski definition) is 3. The Morgan fingerprint density at radius 3 is 0.667 bits per heavy atom. The molecule has 0 fully saturated rings. The van der Waals surface area contributed by atoms with Crippen LogP contribution >= 0.6 is 0 Å². The van der Waals surface area contributed by atoms with Gasteiger partial charge in [-0.05, 0) is 0 Å². The summed E-state index contributed by atoms with van der Waals surface area (Å²) < 4.78 is 0. The molecule has 0 radical (unpaired) electrons. The molecule has 0 heterocycles. The fraction of sp³-hybridized carbons (Fsp3) is 0. The zero-order chi connectivity index (χ0) is 8.12. The van der Waals surface area contributed by atoms with Crippen LogP contribution in [-0.4, -0.2) is 45.7 Å². The average Bonchev–Trinajstić information content (AvgIpc) is 1.70. The first kappa shape index (κ1) is 40.8. The first-order valence-electron chi connectivity index (χ1n) is 1.48. The molecule has 0 rings (SSSR count). The summed E-state index contributed by atoms with van der Waals surface area (Å²) in [6.07, 6.45) is 0. The SMILES string of the molecule is O.O.O=CO.O=CO.O=CO.[Yb]. The fourth-order valence-electron chi connectivity index (χ4n) is 0. The van der Waals surface area contributed by atoms with Gasteiger partial charge in [0, 0.05) is 46.9 Å². The minimum Gasteiger partial charge on any atom is -0.483 e. The monoisotopic (exact) mass is 348 g/mol. The van der Waals surface area contributed by atoms with Gasteiger partial charge in [0.2, 0.25) is 0 Å². The number of rotatable bonds is 0. The third kappa shape index (κ3) is 34000. The van der Waals surface area contributed by atoms with E-state index in [1.165, 1.54) is 0 Å². The standard InChI is InChI=1S/3CH2O2.2H2O.Yb/c3*2-1-3;;;/h3*1H,(H,2,3);2*1H2;. The molecule has 8 nitrogen and oxygen atoms in total. The van der Waals surface area contributed by atoms with Crippen LogP contribution in [-0.2, 0) is 14.4 Å². The van der Waals surface area contributed by atoms with E-state index in [1.54, 1.807) is 0 Å². The number of hydrogen-bond acceptors (Lipinski definition) is 3. The summed E-state index contributed by atoms with van der Waals surface area (Å²) >= 11 is 0. The molecule has 0 aliphatic carbocycles. The van der Waals surface area contributed by atoms with Crippen LogP contribution in [0.3, 0.4) is 0 Å². The van der Waals surface area contributed by atoms with Crippen molar-refractivity contribution in [2.75, 3.05) is 0 Å². The summed E-state index contributed by atoms with van der Waals surface area (Å²) in [5.41, 5.74) is 0. The van der Waals surface area contributed by atoms with Gasteiger partial charge < -0.3 is 26.3 Å². The van der Waals surface area contributed by atoms with Gasteiger partial charge in [0.05, 0.1) is 0 Å². The Labute approximate surface area is 106 Å². The third-order valence-electron chi connectivity index (χ3n) is 0. The molecule has 0 saturated heterocycles. The van der Waals surface area contributed by atoms with Gasteiger partial charge >= 0.3 is 0 Å². The van der Waals surface area contributed by atoms with Crippen LogP contribution in [0.4, 0.5) is 0 Å². The van der Waals surface area contributed by atoms with Gasteiger partial charge in [-0.2, -0.15) is 0 Å². The predicted octanol–water partition coefficient (Wildman–Crippen LogP) is -2.55. The van der Waals surface area contributed by atoms with Crippen molar-refractivity contribution in [1.29, 1.82) is 0 Å². The first-order valence-corrected chi connectivity index (χ1v) is 1.48. The second-order valence-corrected chi connectivity index (χ2v) is 0.316. The van der Waals surface area contributed by atoms with Crippen molar-refractivity contribution < 1.29 is 87.6 Å². The summed E-state index contributed by atoms with van der Waals surface area (Å²) in [6.45, 7) is -0.750. The van der Waals surface area contributed by atoms with Crippen LogP contribution < -0.4 is 0 Å². The summed E-state index contributed by atoms with van der Waals surface area (Å²) in [7, 11) is 0. The van der Waals surface area contributed by atoms with Crippen LogP contribution in [0.1, 0.15) is 0 Å². The van der Waals surface area contributed by atoms with E-state index in [-0.39, 0.29) is 77.3 Å². The Kier molecular flexibility index (Phi) is 440. The topological polar surface area (TPSA) is 175 Å². The summed E-state index contributed by atoms with van der Waals surface area (Å²) in [6, 6.07) is 0. The minimum atomic E-state index is -0.250. The molecule has 0 aromatic heterocycles. The van der Waals surface area contributed by atoms with E-state index in [0.717, 1.165) is 0 Å². The normalized spacial score (nSPS) is 3.00. The molecule has 7 N–H and O–H groups in total. The second-order valence-electron chi connectivity index (χ2n) is 0.316. The van der Waals surface area contributed by atoms with Crippen molar-refractivity contribution in [2.24, 2.45) is 0 Å². The van der Waals surface area contributed by atoms with E-state index in [4.69, 9.17) is 29.7 Å². The predicted molar refractivity (Wildman–Crippen MR) is 33.3 cm³/mol. The van der Waals surface area contributed by atoms with E-state index in [1.807, 2.05) is 0 Å². The molecule has 0 aromatic rings. The molecular formula is C3H10O8Yb. The van der Waals surface area contributed by atoms with Crippen molar-refractivity contribution in [1.82, 2.24) is 0 Å². The molecule has 0 aromatic carbocycles. The fourth-order valence-corrected chi connectivity index (χ4v) is 0. The van der Waals surface area contributed by atoms with Gasteiger partial charge in [0.25, 0.3) is 19.4 Å². The quantitative estimate of drug-likeness (QED) is 0.407. The molecule has 0 atom stereocenters. The van der Waals surface area contributed by atoms with Gasteiger partial charge in [-0.25, -0.2) is 0 Å². The largest absolute Gasteiger partial charge is 0.483 e. The third-order valence-corrected chi connectivity index (χ3v) is 0. The zero-order valence-electron chi connectivity index (χ0n) is 5.57. The Balaban J connectivity index is -0.00000001000. The molecule has 9 heteroatoms. The van der Waals surface area contributed by atoms with Gasteiger partial charge in [-0.15, -0.1) is 0 Å². The van der Waals surface area contributed by atoms with Gasteiger partial charge in [-0.3, -0.25) is 14.4 Å². The summed E-state index contributed by atoms with van der Waals surface area (Å²) in [5, 5.41) is 20.7. The molecule has 0 unspecified atom stereocenters. The van der Waals surface area contributed by atoms with E-state index < -0.39 is 0 Å². The minimum absolute atomic E-state index is 0. The van der Waals surface area contributed by atoms with Crippen molar-refractivity contribution in [2.45, 2.75) is 0 Å². The molecule has 0 bridgehead atoms. The zero-order valence-corrected chi connectivity index (χ0v) is 7.28. The van der Waals surface area contributed by atoms with Crippen LogP contribution in [0, 0.1) is 46.9 Å². The Morgan fingerprint density at radius 2 is 0.667 bits per heavy atom. The molecule has 0 saturated carbocycles. The average molecular weight is 347 g/mol. The van der Waals surface area contributed by atoms with Gasteiger partial charge in [0.15, 0.2) is 0 Å². The first-order chi connectivity index (χ1) is 4.24. The second kappa shape index (κ2) is 130. The smallest absolute Gasteiger partial charge is 0.290 e. The van der Waals surface area contributed by atoms with Crippen LogP contribution in [0.15, 0.2) is 0 Å². The van der Waals surface area contributed by atoms with Crippen LogP contribution in [0.5, 0.6) is 0 Å². The van der Waals surface area contributed by atoms with Crippen molar-refractivity contribution in [3.05, 3.63) is 0 Å². The molecule has 0 spiro atoms. The van der Waals surface area contributed by atoms with E-state index in [9.17, 15) is 0 Å². The number of carboxylic acid groups (broad SMARTS) is 3. The maximum absolute atomic E-state index is 8.36. The van der Waals surface area contributed by atoms with Crippen molar-refractivity contribution in [3.8, 4) is 0 Å². The molecular weight excluding hydrogens is 337 g/mol. The summed E-state index contributed by atoms with van der Waals surface area (Å²) in [5.74, 6) is 0. The van der Waals surface area contributed by atoms with Crippen LogP contribution in [0.2, 0.25) is 0 Å². The number of carbonyl (C=O) groups is 3. The Hall–Kier alpha value is -0.151. The molecule has 12 heavy (non-hydrogen) atoms. The van der Waals surface area contributed by atoms with Gasteiger partial charge in [-0.1, -0.05) is 0 Å². The maximum atomic E-state index is 8.36. The Morgan fingerprint density at radius 1 is 0.667 bits per heavy atom.